The van der Waals surface area contributed by atoms with Crippen LogP contribution < -0.4 is 9.64 Å². The van der Waals surface area contributed by atoms with Crippen molar-refractivity contribution in [2.45, 2.75) is 6.04 Å². The molecule has 0 spiro atoms. The van der Waals surface area contributed by atoms with Crippen molar-refractivity contribution >= 4 is 44.1 Å². The molecule has 7 heteroatoms. The Morgan fingerprint density at radius 2 is 1.69 bits per heavy atom. The third-order valence-electron chi connectivity index (χ3n) is 5.40. The number of carbonyl (C=O) groups is 2. The molecule has 0 aliphatic carbocycles. The molecule has 0 bridgehead atoms. The van der Waals surface area contributed by atoms with Crippen molar-refractivity contribution < 1.29 is 19.4 Å². The van der Waals surface area contributed by atoms with E-state index in [0.717, 1.165) is 4.70 Å². The summed E-state index contributed by atoms with van der Waals surface area (Å²) in [7, 11) is 1.58. The molecular weight excluding hydrogens is 424 g/mol. The topological polar surface area (TPSA) is 79.7 Å². The fraction of sp³-hybridized carbons (Fsp3) is 0.0800. The van der Waals surface area contributed by atoms with Gasteiger partial charge in [0.25, 0.3) is 5.78 Å². The maximum atomic E-state index is 13.2. The third-order valence-corrected chi connectivity index (χ3v) is 6.41. The fourth-order valence-electron chi connectivity index (χ4n) is 3.85. The zero-order valence-electron chi connectivity index (χ0n) is 17.1. The number of hydrogen-bond acceptors (Lipinski definition) is 6. The second-order valence-electron chi connectivity index (χ2n) is 7.28. The standard InChI is InChI=1S/C25H18N2O4S/c1-31-17-12-13-18-19(14-17)32-25(26-18)27-21(15-8-4-2-5-9-15)20(23(29)24(27)30)22(28)16-10-6-3-7-11-16/h2-14,21,28H,1H3/b22-20+/t21-/m0/s1. The molecule has 6 nitrogen and oxygen atoms in total. The Bertz CT molecular complexity index is 1360. The van der Waals surface area contributed by atoms with Gasteiger partial charge in [0.05, 0.1) is 28.9 Å². The lowest BCUT2D eigenvalue weighted by Crippen LogP contribution is -2.29. The Balaban J connectivity index is 1.71. The van der Waals surface area contributed by atoms with E-state index in [1.165, 1.54) is 16.2 Å². The van der Waals surface area contributed by atoms with Gasteiger partial charge in [0, 0.05) is 5.56 Å². The average Bonchev–Trinajstić information content (AvgIpc) is 3.37. The summed E-state index contributed by atoms with van der Waals surface area (Å²) >= 11 is 1.30. The number of ketones is 1. The highest BCUT2D eigenvalue weighted by Gasteiger charge is 2.48. The van der Waals surface area contributed by atoms with E-state index in [-0.39, 0.29) is 11.3 Å². The number of fused-ring (bicyclic) bond motifs is 1. The third kappa shape index (κ3) is 3.23. The first kappa shape index (κ1) is 20.0. The number of Topliss-reactive ketones (excluding diaryl/α,β-unsaturated/α-hetero) is 1. The van der Waals surface area contributed by atoms with E-state index in [1.54, 1.807) is 37.4 Å². The first-order valence-electron chi connectivity index (χ1n) is 9.94. The number of anilines is 1. The first-order valence-corrected chi connectivity index (χ1v) is 10.8. The molecule has 0 radical (unpaired) electrons. The summed E-state index contributed by atoms with van der Waals surface area (Å²) in [4.78, 5) is 32.3. The van der Waals surface area contributed by atoms with Crippen LogP contribution in [-0.2, 0) is 9.59 Å². The molecule has 1 N–H and O–H groups in total. The first-order chi connectivity index (χ1) is 15.6. The average molecular weight is 442 g/mol. The normalized spacial score (nSPS) is 17.8. The molecule has 4 aromatic rings. The van der Waals surface area contributed by atoms with Gasteiger partial charge in [0.15, 0.2) is 5.13 Å². The van der Waals surface area contributed by atoms with Gasteiger partial charge >= 0.3 is 5.91 Å². The van der Waals surface area contributed by atoms with Gasteiger partial charge in [-0.2, -0.15) is 0 Å². The largest absolute Gasteiger partial charge is 0.507 e. The van der Waals surface area contributed by atoms with Gasteiger partial charge in [-0.05, 0) is 23.8 Å². The molecule has 3 aromatic carbocycles. The number of carbonyl (C=O) groups excluding carboxylic acids is 2. The summed E-state index contributed by atoms with van der Waals surface area (Å²) in [5.41, 5.74) is 1.92. The molecule has 1 aliphatic rings. The minimum absolute atomic E-state index is 0.0456. The predicted molar refractivity (Wildman–Crippen MR) is 124 cm³/mol. The van der Waals surface area contributed by atoms with Gasteiger partial charge in [-0.1, -0.05) is 72.0 Å². The summed E-state index contributed by atoms with van der Waals surface area (Å²) in [6.45, 7) is 0. The maximum absolute atomic E-state index is 13.2. The van der Waals surface area contributed by atoms with E-state index in [1.807, 2.05) is 48.5 Å². The number of aromatic nitrogens is 1. The van der Waals surface area contributed by atoms with E-state index in [4.69, 9.17) is 4.74 Å². The second-order valence-corrected chi connectivity index (χ2v) is 8.29. The predicted octanol–water partition coefficient (Wildman–Crippen LogP) is 4.93. The lowest BCUT2D eigenvalue weighted by Gasteiger charge is -2.22. The van der Waals surface area contributed by atoms with Crippen molar-refractivity contribution in [3.05, 3.63) is 95.6 Å². The van der Waals surface area contributed by atoms with Crippen molar-refractivity contribution in [2.75, 3.05) is 12.0 Å². The van der Waals surface area contributed by atoms with Crippen LogP contribution in [0.3, 0.4) is 0 Å². The van der Waals surface area contributed by atoms with Crippen molar-refractivity contribution in [2.24, 2.45) is 0 Å². The van der Waals surface area contributed by atoms with E-state index in [2.05, 4.69) is 4.98 Å². The lowest BCUT2D eigenvalue weighted by atomic mass is 9.95. The van der Waals surface area contributed by atoms with Crippen LogP contribution in [0.15, 0.2) is 84.4 Å². The Morgan fingerprint density at radius 3 is 2.38 bits per heavy atom. The molecule has 1 fully saturated rings. The zero-order chi connectivity index (χ0) is 22.2. The minimum atomic E-state index is -0.793. The number of aliphatic hydroxyl groups excluding tert-OH is 1. The highest BCUT2D eigenvalue weighted by molar-refractivity contribution is 7.22. The number of aliphatic hydroxyl groups is 1. The SMILES string of the molecule is COc1ccc2nc(N3C(=O)C(=O)/C(=C(/O)c4ccccc4)[C@@H]3c3ccccc3)sc2c1. The summed E-state index contributed by atoms with van der Waals surface area (Å²) in [5, 5.41) is 11.4. The molecule has 1 aromatic heterocycles. The monoisotopic (exact) mass is 442 g/mol. The molecule has 1 amide bonds. The number of rotatable bonds is 4. The van der Waals surface area contributed by atoms with Crippen molar-refractivity contribution in [1.82, 2.24) is 4.98 Å². The molecular formula is C25H18N2O4S. The zero-order valence-corrected chi connectivity index (χ0v) is 17.9. The Kier molecular flexibility index (Phi) is 4.95. The number of hydrogen-bond donors (Lipinski definition) is 1. The highest BCUT2D eigenvalue weighted by Crippen LogP contribution is 2.44. The second kappa shape index (κ2) is 7.94. The molecule has 1 atom stereocenters. The van der Waals surface area contributed by atoms with Crippen LogP contribution in [0.25, 0.3) is 16.0 Å². The summed E-state index contributed by atoms with van der Waals surface area (Å²) in [6, 6.07) is 22.6. The van der Waals surface area contributed by atoms with Crippen LogP contribution in [0.4, 0.5) is 5.13 Å². The smallest absolute Gasteiger partial charge is 0.301 e. The van der Waals surface area contributed by atoms with Crippen LogP contribution >= 0.6 is 11.3 Å². The van der Waals surface area contributed by atoms with Crippen molar-refractivity contribution in [3.8, 4) is 5.75 Å². The van der Waals surface area contributed by atoms with E-state index >= 15 is 0 Å². The van der Waals surface area contributed by atoms with E-state index < -0.39 is 17.7 Å². The molecule has 0 unspecified atom stereocenters. The molecule has 32 heavy (non-hydrogen) atoms. The molecule has 0 saturated carbocycles. The van der Waals surface area contributed by atoms with Crippen LogP contribution in [0.2, 0.25) is 0 Å². The number of ether oxygens (including phenoxy) is 1. The quantitative estimate of drug-likeness (QED) is 0.275. The van der Waals surface area contributed by atoms with Gasteiger partial charge in [-0.25, -0.2) is 4.98 Å². The number of benzene rings is 3. The fourth-order valence-corrected chi connectivity index (χ4v) is 4.88. The summed E-state index contributed by atoms with van der Waals surface area (Å²) < 4.78 is 6.12. The van der Waals surface area contributed by atoms with Crippen LogP contribution in [0.5, 0.6) is 5.75 Å². The van der Waals surface area contributed by atoms with Crippen molar-refractivity contribution in [3.63, 3.8) is 0 Å². The molecule has 1 saturated heterocycles. The number of amides is 1. The van der Waals surface area contributed by atoms with Gasteiger partial charge in [0.2, 0.25) is 0 Å². The number of thiazole rings is 1. The Morgan fingerprint density at radius 1 is 1.00 bits per heavy atom. The van der Waals surface area contributed by atoms with Crippen LogP contribution in [-0.4, -0.2) is 28.9 Å². The van der Waals surface area contributed by atoms with E-state index in [0.29, 0.717) is 27.5 Å². The van der Waals surface area contributed by atoms with Gasteiger partial charge in [-0.3, -0.25) is 14.5 Å². The number of methoxy groups -OCH3 is 1. The van der Waals surface area contributed by atoms with Gasteiger partial charge in [-0.15, -0.1) is 0 Å². The van der Waals surface area contributed by atoms with Gasteiger partial charge < -0.3 is 9.84 Å². The van der Waals surface area contributed by atoms with Gasteiger partial charge in [0.1, 0.15) is 11.5 Å². The van der Waals surface area contributed by atoms with Crippen molar-refractivity contribution in [1.29, 1.82) is 0 Å². The maximum Gasteiger partial charge on any atom is 0.301 e. The van der Waals surface area contributed by atoms with Crippen LogP contribution in [0.1, 0.15) is 17.2 Å². The highest BCUT2D eigenvalue weighted by atomic mass is 32.1. The number of nitrogens with zero attached hydrogens (tertiary/aromatic N) is 2. The Labute approximate surface area is 188 Å². The lowest BCUT2D eigenvalue weighted by molar-refractivity contribution is -0.132. The molecule has 5 rings (SSSR count). The molecule has 1 aliphatic heterocycles. The molecule has 158 valence electrons. The van der Waals surface area contributed by atoms with Crippen LogP contribution in [0, 0.1) is 0 Å². The minimum Gasteiger partial charge on any atom is -0.507 e. The molecule has 2 heterocycles. The summed E-state index contributed by atoms with van der Waals surface area (Å²) in [5.74, 6) is -0.985. The van der Waals surface area contributed by atoms with E-state index in [9.17, 15) is 14.7 Å². The Hall–Kier alpha value is -3.97. The summed E-state index contributed by atoms with van der Waals surface area (Å²) in [6.07, 6.45) is 0.